The van der Waals surface area contributed by atoms with Gasteiger partial charge in [-0.25, -0.2) is 5.43 Å². The number of benzene rings is 2. The molecule has 0 aliphatic rings. The lowest BCUT2D eigenvalue weighted by Crippen LogP contribution is -2.28. The quantitative estimate of drug-likeness (QED) is 0.547. The highest BCUT2D eigenvalue weighted by atomic mass is 35.5. The molecule has 3 aromatic rings. The fraction of sp³-hybridized carbons (Fsp3) is 0.125. The third-order valence-corrected chi connectivity index (χ3v) is 4.20. The van der Waals surface area contributed by atoms with Crippen molar-refractivity contribution in [2.45, 2.75) is 13.0 Å². The minimum absolute atomic E-state index is 0.286. The first-order valence-electron chi connectivity index (χ1n) is 6.50. The zero-order chi connectivity index (χ0) is 15.0. The van der Waals surface area contributed by atoms with Crippen LogP contribution in [-0.2, 0) is 0 Å². The number of fused-ring (bicyclic) bond motifs is 1. The van der Waals surface area contributed by atoms with Gasteiger partial charge in [0.25, 0.3) is 0 Å². The van der Waals surface area contributed by atoms with E-state index in [1.54, 1.807) is 6.07 Å². The van der Waals surface area contributed by atoms with Gasteiger partial charge in [-0.2, -0.15) is 0 Å². The molecule has 3 N–H and O–H groups in total. The largest absolute Gasteiger partial charge is 0.457 e. The van der Waals surface area contributed by atoms with Gasteiger partial charge < -0.3 is 4.42 Å². The summed E-state index contributed by atoms with van der Waals surface area (Å²) in [6.07, 6.45) is 0. The van der Waals surface area contributed by atoms with E-state index in [0.29, 0.717) is 21.4 Å². The van der Waals surface area contributed by atoms with Crippen molar-refractivity contribution in [1.29, 1.82) is 0 Å². The van der Waals surface area contributed by atoms with E-state index in [1.165, 1.54) is 0 Å². The SMILES string of the molecule is Cc1ccc(C(NN)c2cc3cccc(Cl)c3o2)cc1Cl. The maximum Gasteiger partial charge on any atom is 0.152 e. The summed E-state index contributed by atoms with van der Waals surface area (Å²) < 4.78 is 5.86. The number of aryl methyl sites for hydroxylation is 1. The summed E-state index contributed by atoms with van der Waals surface area (Å²) in [5.41, 5.74) is 5.38. The summed E-state index contributed by atoms with van der Waals surface area (Å²) in [5, 5.41) is 2.22. The van der Waals surface area contributed by atoms with E-state index in [-0.39, 0.29) is 6.04 Å². The Morgan fingerprint density at radius 2 is 1.90 bits per heavy atom. The molecule has 0 aliphatic carbocycles. The molecule has 0 radical (unpaired) electrons. The van der Waals surface area contributed by atoms with Crippen LogP contribution in [0.2, 0.25) is 10.0 Å². The van der Waals surface area contributed by atoms with Gasteiger partial charge in [0, 0.05) is 10.4 Å². The van der Waals surface area contributed by atoms with Crippen molar-refractivity contribution >= 4 is 34.2 Å². The first-order valence-corrected chi connectivity index (χ1v) is 7.26. The van der Waals surface area contributed by atoms with E-state index in [4.69, 9.17) is 33.5 Å². The summed E-state index contributed by atoms with van der Waals surface area (Å²) in [6.45, 7) is 1.96. The molecule has 1 atom stereocenters. The van der Waals surface area contributed by atoms with E-state index in [1.807, 2.05) is 43.3 Å². The van der Waals surface area contributed by atoms with Crippen molar-refractivity contribution in [3.05, 3.63) is 69.4 Å². The third kappa shape index (κ3) is 2.65. The van der Waals surface area contributed by atoms with Gasteiger partial charge in [0.2, 0.25) is 0 Å². The monoisotopic (exact) mass is 320 g/mol. The molecule has 0 bridgehead atoms. The number of hydrazine groups is 1. The number of rotatable bonds is 3. The lowest BCUT2D eigenvalue weighted by molar-refractivity contribution is 0.477. The average Bonchev–Trinajstić information content (AvgIpc) is 2.89. The molecular formula is C16H14Cl2N2O. The highest BCUT2D eigenvalue weighted by molar-refractivity contribution is 6.34. The maximum atomic E-state index is 6.19. The fourth-order valence-electron chi connectivity index (χ4n) is 2.32. The van der Waals surface area contributed by atoms with Gasteiger partial charge in [-0.15, -0.1) is 0 Å². The topological polar surface area (TPSA) is 51.2 Å². The molecule has 1 aromatic heterocycles. The second-order valence-electron chi connectivity index (χ2n) is 4.92. The zero-order valence-corrected chi connectivity index (χ0v) is 12.9. The highest BCUT2D eigenvalue weighted by Crippen LogP contribution is 2.32. The Morgan fingerprint density at radius 1 is 1.10 bits per heavy atom. The normalized spacial score (nSPS) is 12.8. The van der Waals surface area contributed by atoms with Crippen molar-refractivity contribution in [1.82, 2.24) is 5.43 Å². The Balaban J connectivity index is 2.09. The van der Waals surface area contributed by atoms with Crippen LogP contribution in [0, 0.1) is 6.92 Å². The van der Waals surface area contributed by atoms with Crippen LogP contribution >= 0.6 is 23.2 Å². The predicted octanol–water partition coefficient (Wildman–Crippen LogP) is 4.60. The number of furan rings is 1. The Hall–Kier alpha value is -1.52. The van der Waals surface area contributed by atoms with Crippen molar-refractivity contribution in [2.24, 2.45) is 5.84 Å². The number of hydrogen-bond acceptors (Lipinski definition) is 3. The molecule has 3 nitrogen and oxygen atoms in total. The number of hydrogen-bond donors (Lipinski definition) is 2. The summed E-state index contributed by atoms with van der Waals surface area (Å²) in [5.74, 6) is 6.39. The minimum atomic E-state index is -0.286. The van der Waals surface area contributed by atoms with Crippen LogP contribution in [0.1, 0.15) is 22.9 Å². The molecule has 3 rings (SSSR count). The summed E-state index contributed by atoms with van der Waals surface area (Å²) in [4.78, 5) is 0. The van der Waals surface area contributed by atoms with Gasteiger partial charge in [0.05, 0.1) is 5.02 Å². The Bertz CT molecular complexity index is 798. The van der Waals surface area contributed by atoms with Crippen LogP contribution in [0.15, 0.2) is 46.9 Å². The summed E-state index contributed by atoms with van der Waals surface area (Å²) >= 11 is 12.3. The van der Waals surface area contributed by atoms with Gasteiger partial charge >= 0.3 is 0 Å². The van der Waals surface area contributed by atoms with E-state index in [2.05, 4.69) is 5.43 Å². The Labute approximate surface area is 132 Å². The van der Waals surface area contributed by atoms with Gasteiger partial charge in [-0.3, -0.25) is 5.84 Å². The summed E-state index contributed by atoms with van der Waals surface area (Å²) in [7, 11) is 0. The number of halogens is 2. The molecular weight excluding hydrogens is 307 g/mol. The molecule has 2 aromatic carbocycles. The molecule has 0 aliphatic heterocycles. The lowest BCUT2D eigenvalue weighted by Gasteiger charge is -2.14. The molecule has 5 heteroatoms. The van der Waals surface area contributed by atoms with Crippen LogP contribution in [0.3, 0.4) is 0 Å². The van der Waals surface area contributed by atoms with Crippen LogP contribution in [0.5, 0.6) is 0 Å². The Kier molecular flexibility index (Phi) is 3.91. The van der Waals surface area contributed by atoms with Crippen LogP contribution in [-0.4, -0.2) is 0 Å². The second-order valence-corrected chi connectivity index (χ2v) is 5.73. The molecule has 108 valence electrons. The Morgan fingerprint density at radius 3 is 2.57 bits per heavy atom. The van der Waals surface area contributed by atoms with E-state index in [9.17, 15) is 0 Å². The first-order chi connectivity index (χ1) is 10.1. The second kappa shape index (κ2) is 5.70. The zero-order valence-electron chi connectivity index (χ0n) is 11.4. The molecule has 0 saturated heterocycles. The van der Waals surface area contributed by atoms with Gasteiger partial charge in [0.1, 0.15) is 11.8 Å². The van der Waals surface area contributed by atoms with Crippen molar-refractivity contribution in [3.63, 3.8) is 0 Å². The third-order valence-electron chi connectivity index (χ3n) is 3.50. The number of para-hydroxylation sites is 1. The van der Waals surface area contributed by atoms with Crippen molar-refractivity contribution < 1.29 is 4.42 Å². The molecule has 0 saturated carbocycles. The molecule has 0 spiro atoms. The van der Waals surface area contributed by atoms with Crippen LogP contribution in [0.25, 0.3) is 11.0 Å². The average molecular weight is 321 g/mol. The molecule has 0 fully saturated rings. The van der Waals surface area contributed by atoms with E-state index in [0.717, 1.165) is 16.5 Å². The van der Waals surface area contributed by atoms with Gasteiger partial charge in [-0.1, -0.05) is 47.5 Å². The van der Waals surface area contributed by atoms with E-state index < -0.39 is 0 Å². The predicted molar refractivity (Wildman–Crippen MR) is 86.6 cm³/mol. The van der Waals surface area contributed by atoms with Gasteiger partial charge in [-0.05, 0) is 36.2 Å². The smallest absolute Gasteiger partial charge is 0.152 e. The molecule has 1 unspecified atom stereocenters. The maximum absolute atomic E-state index is 6.19. The van der Waals surface area contributed by atoms with E-state index >= 15 is 0 Å². The lowest BCUT2D eigenvalue weighted by atomic mass is 10.0. The fourth-order valence-corrected chi connectivity index (χ4v) is 2.73. The van der Waals surface area contributed by atoms with Crippen molar-refractivity contribution in [2.75, 3.05) is 0 Å². The van der Waals surface area contributed by atoms with Crippen molar-refractivity contribution in [3.8, 4) is 0 Å². The highest BCUT2D eigenvalue weighted by Gasteiger charge is 2.18. The summed E-state index contributed by atoms with van der Waals surface area (Å²) in [6, 6.07) is 13.1. The number of nitrogens with one attached hydrogen (secondary N) is 1. The van der Waals surface area contributed by atoms with Gasteiger partial charge in [0.15, 0.2) is 5.58 Å². The van der Waals surface area contributed by atoms with Crippen LogP contribution < -0.4 is 11.3 Å². The molecule has 1 heterocycles. The standard InChI is InChI=1S/C16H14Cl2N2O/c1-9-5-6-10(7-13(9)18)15(20-19)14-8-11-3-2-4-12(17)16(11)21-14/h2-8,15,20H,19H2,1H3. The molecule has 0 amide bonds. The number of nitrogens with two attached hydrogens (primary N) is 1. The minimum Gasteiger partial charge on any atom is -0.457 e. The first kappa shape index (κ1) is 14.4. The molecule has 21 heavy (non-hydrogen) atoms. The van der Waals surface area contributed by atoms with Crippen LogP contribution in [0.4, 0.5) is 0 Å².